The Hall–Kier alpha value is -3.81. The first-order chi connectivity index (χ1) is 14.6. The fourth-order valence-electron chi connectivity index (χ4n) is 3.05. The zero-order valence-electron chi connectivity index (χ0n) is 17.0. The smallest absolute Gasteiger partial charge is 0.315 e. The number of benzene rings is 2. The zero-order valence-corrected chi connectivity index (χ0v) is 17.0. The van der Waals surface area contributed by atoms with E-state index in [4.69, 9.17) is 4.74 Å². The van der Waals surface area contributed by atoms with E-state index in [-0.39, 0.29) is 12.5 Å². The van der Waals surface area contributed by atoms with E-state index in [0.717, 1.165) is 11.1 Å². The molecule has 30 heavy (non-hydrogen) atoms. The number of ether oxygens (including phenoxy) is 1. The molecule has 1 atom stereocenters. The number of hydrogen-bond donors (Lipinski definition) is 3. The van der Waals surface area contributed by atoms with Crippen LogP contribution in [0.25, 0.3) is 0 Å². The number of imidazole rings is 1. The van der Waals surface area contributed by atoms with Gasteiger partial charge >= 0.3 is 6.03 Å². The Bertz CT molecular complexity index is 987. The minimum Gasteiger partial charge on any atom is -0.496 e. The van der Waals surface area contributed by atoms with Crippen molar-refractivity contribution in [2.24, 2.45) is 7.05 Å². The maximum atomic E-state index is 12.6. The summed E-state index contributed by atoms with van der Waals surface area (Å²) in [5.41, 5.74) is 1.75. The van der Waals surface area contributed by atoms with Crippen LogP contribution >= 0.6 is 0 Å². The third-order valence-corrected chi connectivity index (χ3v) is 4.58. The lowest BCUT2D eigenvalue weighted by atomic mass is 10.0. The number of nitrogens with one attached hydrogen (secondary N) is 3. The fourth-order valence-corrected chi connectivity index (χ4v) is 3.05. The number of para-hydroxylation sites is 1. The molecule has 1 aromatic heterocycles. The Kier molecular flexibility index (Phi) is 7.05. The number of urea groups is 1. The highest BCUT2D eigenvalue weighted by molar-refractivity contribution is 5.84. The summed E-state index contributed by atoms with van der Waals surface area (Å²) in [6.45, 7) is 0.210. The Balaban J connectivity index is 1.62. The van der Waals surface area contributed by atoms with Gasteiger partial charge in [-0.2, -0.15) is 0 Å². The van der Waals surface area contributed by atoms with E-state index >= 15 is 0 Å². The van der Waals surface area contributed by atoms with Crippen LogP contribution < -0.4 is 20.7 Å². The lowest BCUT2D eigenvalue weighted by molar-refractivity contribution is -0.120. The van der Waals surface area contributed by atoms with Crippen LogP contribution in [0.4, 0.5) is 4.79 Å². The molecular formula is C22H25N5O3. The van der Waals surface area contributed by atoms with Crippen LogP contribution in [-0.2, 0) is 18.4 Å². The summed E-state index contributed by atoms with van der Waals surface area (Å²) in [6.07, 6.45) is 3.47. The summed E-state index contributed by atoms with van der Waals surface area (Å²) in [7, 11) is 3.43. The maximum Gasteiger partial charge on any atom is 0.315 e. The SMILES string of the molecule is COc1ccccc1[C@@H](NC(=O)CNC(=O)NCc1ccccc1)c1nccn1C. The quantitative estimate of drug-likeness (QED) is 0.533. The average molecular weight is 407 g/mol. The fraction of sp³-hybridized carbons (Fsp3) is 0.227. The molecule has 8 heteroatoms. The van der Waals surface area contributed by atoms with Crippen LogP contribution in [0.15, 0.2) is 67.0 Å². The van der Waals surface area contributed by atoms with E-state index in [1.54, 1.807) is 19.5 Å². The van der Waals surface area contributed by atoms with Gasteiger partial charge < -0.3 is 25.3 Å². The van der Waals surface area contributed by atoms with E-state index in [2.05, 4.69) is 20.9 Å². The molecule has 3 rings (SSSR count). The van der Waals surface area contributed by atoms with Gasteiger partial charge in [-0.15, -0.1) is 0 Å². The molecule has 3 amide bonds. The largest absolute Gasteiger partial charge is 0.496 e. The maximum absolute atomic E-state index is 12.6. The Morgan fingerprint density at radius 2 is 1.80 bits per heavy atom. The topological polar surface area (TPSA) is 97.3 Å². The van der Waals surface area contributed by atoms with Gasteiger partial charge in [-0.3, -0.25) is 4.79 Å². The molecule has 0 spiro atoms. The zero-order chi connectivity index (χ0) is 21.3. The Morgan fingerprint density at radius 3 is 2.50 bits per heavy atom. The number of carbonyl (C=O) groups excluding carboxylic acids is 2. The van der Waals surface area contributed by atoms with Crippen molar-refractivity contribution in [1.82, 2.24) is 25.5 Å². The van der Waals surface area contributed by atoms with Crippen LogP contribution in [-0.4, -0.2) is 35.1 Å². The van der Waals surface area contributed by atoms with E-state index in [9.17, 15) is 9.59 Å². The predicted octanol–water partition coefficient (Wildman–Crippen LogP) is 2.13. The Labute approximate surface area is 175 Å². The van der Waals surface area contributed by atoms with Crippen LogP contribution in [0.3, 0.4) is 0 Å². The number of amides is 3. The molecule has 0 fully saturated rings. The van der Waals surface area contributed by atoms with Crippen molar-refractivity contribution in [2.75, 3.05) is 13.7 Å². The number of hydrogen-bond acceptors (Lipinski definition) is 4. The number of nitrogens with zero attached hydrogens (tertiary/aromatic N) is 2. The summed E-state index contributed by atoms with van der Waals surface area (Å²) < 4.78 is 7.28. The second-order valence-electron chi connectivity index (χ2n) is 6.66. The van der Waals surface area contributed by atoms with E-state index < -0.39 is 12.1 Å². The normalized spacial score (nSPS) is 11.4. The molecule has 3 N–H and O–H groups in total. The molecule has 0 aliphatic rings. The first-order valence-corrected chi connectivity index (χ1v) is 9.53. The molecule has 2 aromatic carbocycles. The highest BCUT2D eigenvalue weighted by Gasteiger charge is 2.23. The van der Waals surface area contributed by atoms with E-state index in [0.29, 0.717) is 18.1 Å². The van der Waals surface area contributed by atoms with Gasteiger partial charge in [0.1, 0.15) is 17.6 Å². The van der Waals surface area contributed by atoms with Crippen molar-refractivity contribution in [3.05, 3.63) is 83.9 Å². The van der Waals surface area contributed by atoms with Crippen molar-refractivity contribution < 1.29 is 14.3 Å². The van der Waals surface area contributed by atoms with E-state index in [1.165, 1.54) is 0 Å². The number of rotatable bonds is 8. The molecule has 3 aromatic rings. The van der Waals surface area contributed by atoms with Crippen LogP contribution in [0.1, 0.15) is 23.0 Å². The van der Waals surface area contributed by atoms with Crippen molar-refractivity contribution in [2.45, 2.75) is 12.6 Å². The average Bonchev–Trinajstić information content (AvgIpc) is 3.21. The van der Waals surface area contributed by atoms with Gasteiger partial charge in [0.2, 0.25) is 5.91 Å². The molecule has 156 valence electrons. The van der Waals surface area contributed by atoms with Crippen LogP contribution in [0.5, 0.6) is 5.75 Å². The Morgan fingerprint density at radius 1 is 1.07 bits per heavy atom. The van der Waals surface area contributed by atoms with Crippen LogP contribution in [0.2, 0.25) is 0 Å². The first kappa shape index (κ1) is 20.9. The molecule has 0 unspecified atom stereocenters. The van der Waals surface area contributed by atoms with Gasteiger partial charge in [-0.1, -0.05) is 48.5 Å². The molecule has 0 saturated heterocycles. The van der Waals surface area contributed by atoms with Gasteiger partial charge in [-0.05, 0) is 11.6 Å². The molecule has 0 saturated carbocycles. The second kappa shape index (κ2) is 10.1. The monoisotopic (exact) mass is 407 g/mol. The molecule has 8 nitrogen and oxygen atoms in total. The predicted molar refractivity (Wildman–Crippen MR) is 113 cm³/mol. The van der Waals surface area contributed by atoms with Gasteiger partial charge in [-0.25, -0.2) is 9.78 Å². The molecule has 0 bridgehead atoms. The van der Waals surface area contributed by atoms with Crippen molar-refractivity contribution in [3.63, 3.8) is 0 Å². The third kappa shape index (κ3) is 5.38. The number of carbonyl (C=O) groups is 2. The van der Waals surface area contributed by atoms with Crippen LogP contribution in [0, 0.1) is 0 Å². The minimum absolute atomic E-state index is 0.170. The highest BCUT2D eigenvalue weighted by Crippen LogP contribution is 2.28. The first-order valence-electron chi connectivity index (χ1n) is 9.53. The van der Waals surface area contributed by atoms with Gasteiger partial charge in [0.05, 0.1) is 13.7 Å². The van der Waals surface area contributed by atoms with Gasteiger partial charge in [0, 0.05) is 31.5 Å². The highest BCUT2D eigenvalue weighted by atomic mass is 16.5. The summed E-state index contributed by atoms with van der Waals surface area (Å²) in [4.78, 5) is 29.0. The number of aryl methyl sites for hydroxylation is 1. The summed E-state index contributed by atoms with van der Waals surface area (Å²) >= 11 is 0. The summed E-state index contributed by atoms with van der Waals surface area (Å²) in [5, 5.41) is 8.24. The summed E-state index contributed by atoms with van der Waals surface area (Å²) in [5.74, 6) is 0.949. The lowest BCUT2D eigenvalue weighted by Gasteiger charge is -2.21. The molecular weight excluding hydrogens is 382 g/mol. The second-order valence-corrected chi connectivity index (χ2v) is 6.66. The van der Waals surface area contributed by atoms with E-state index in [1.807, 2.05) is 66.2 Å². The van der Waals surface area contributed by atoms with Gasteiger partial charge in [0.15, 0.2) is 0 Å². The molecule has 0 aliphatic carbocycles. The molecule has 0 aliphatic heterocycles. The standard InChI is InChI=1S/C22H25N5O3/c1-27-13-12-23-21(27)20(17-10-6-7-11-18(17)30-2)26-19(28)15-25-22(29)24-14-16-8-4-3-5-9-16/h3-13,20H,14-15H2,1-2H3,(H,26,28)(H2,24,25,29)/t20-/m1/s1. The molecule has 0 radical (unpaired) electrons. The van der Waals surface area contributed by atoms with Crippen molar-refractivity contribution >= 4 is 11.9 Å². The van der Waals surface area contributed by atoms with Crippen molar-refractivity contribution in [3.8, 4) is 5.75 Å². The number of aromatic nitrogens is 2. The lowest BCUT2D eigenvalue weighted by Crippen LogP contribution is -2.43. The summed E-state index contributed by atoms with van der Waals surface area (Å²) in [6, 6.07) is 16.0. The minimum atomic E-state index is -0.525. The van der Waals surface area contributed by atoms with Crippen molar-refractivity contribution in [1.29, 1.82) is 0 Å². The number of methoxy groups -OCH3 is 1. The third-order valence-electron chi connectivity index (χ3n) is 4.58. The molecule has 1 heterocycles. The van der Waals surface area contributed by atoms with Gasteiger partial charge in [0.25, 0.3) is 0 Å².